The number of benzene rings is 1. The third-order valence-electron chi connectivity index (χ3n) is 7.66. The van der Waals surface area contributed by atoms with Crippen LogP contribution in [-0.4, -0.2) is 58.7 Å². The van der Waals surface area contributed by atoms with Gasteiger partial charge in [-0.25, -0.2) is 9.78 Å². The average molecular weight is 559 g/mol. The Hall–Kier alpha value is -4.31. The number of likely N-dealkylation sites (N-methyl/N-ethyl adjacent to an activating group) is 1. The van der Waals surface area contributed by atoms with Crippen LogP contribution in [0.25, 0.3) is 0 Å². The van der Waals surface area contributed by atoms with E-state index in [4.69, 9.17) is 14.7 Å². The monoisotopic (exact) mass is 558 g/mol. The number of anilines is 2. The molecule has 0 radical (unpaired) electrons. The molecule has 10 nitrogen and oxygen atoms in total. The first-order valence-corrected chi connectivity index (χ1v) is 13.9. The minimum Gasteiger partial charge on any atom is -0.480 e. The van der Waals surface area contributed by atoms with E-state index in [-0.39, 0.29) is 23.3 Å². The minimum atomic E-state index is -0.636. The Bertz CT molecular complexity index is 1380. The van der Waals surface area contributed by atoms with E-state index in [0.29, 0.717) is 23.0 Å². The van der Waals surface area contributed by atoms with Crippen LogP contribution in [-0.2, 0) is 9.53 Å². The fraction of sp³-hybridized carbons (Fsp3) is 0.516. The summed E-state index contributed by atoms with van der Waals surface area (Å²) in [7, 11) is 3.13. The number of aromatic nitrogens is 2. The van der Waals surface area contributed by atoms with Gasteiger partial charge < -0.3 is 20.1 Å². The van der Waals surface area contributed by atoms with Gasteiger partial charge in [0.05, 0.1) is 24.9 Å². The van der Waals surface area contributed by atoms with Crippen LogP contribution in [0.2, 0.25) is 0 Å². The maximum atomic E-state index is 12.9. The molecule has 0 bridgehead atoms. The van der Waals surface area contributed by atoms with Gasteiger partial charge in [-0.05, 0) is 83.1 Å². The van der Waals surface area contributed by atoms with Crippen molar-refractivity contribution in [2.45, 2.75) is 77.5 Å². The van der Waals surface area contributed by atoms with Gasteiger partial charge in [0.2, 0.25) is 17.7 Å². The summed E-state index contributed by atoms with van der Waals surface area (Å²) in [6.07, 6.45) is 6.04. The number of nitriles is 1. The number of hydrogen-bond donors (Lipinski definition) is 2. The van der Waals surface area contributed by atoms with Crippen molar-refractivity contribution >= 4 is 23.6 Å². The number of nitrogens with zero attached hydrogens (tertiary/aromatic N) is 4. The quantitative estimate of drug-likeness (QED) is 0.485. The molecule has 41 heavy (non-hydrogen) atoms. The molecular formula is C31H38N6O4. The normalized spacial score (nSPS) is 21.9. The molecule has 2 saturated carbocycles. The van der Waals surface area contributed by atoms with Crippen LogP contribution in [0.15, 0.2) is 30.5 Å². The lowest BCUT2D eigenvalue weighted by Gasteiger charge is -2.29. The topological polar surface area (TPSA) is 129 Å². The molecule has 2 aliphatic rings. The molecule has 0 saturated heterocycles. The molecule has 2 amide bonds. The first-order valence-electron chi connectivity index (χ1n) is 13.9. The van der Waals surface area contributed by atoms with Gasteiger partial charge in [-0.1, -0.05) is 18.3 Å². The van der Waals surface area contributed by atoms with Gasteiger partial charge in [0.25, 0.3) is 0 Å². The minimum absolute atomic E-state index is 0.0485. The summed E-state index contributed by atoms with van der Waals surface area (Å²) in [6, 6.07) is 8.55. The predicted molar refractivity (Wildman–Crippen MR) is 154 cm³/mol. The van der Waals surface area contributed by atoms with E-state index in [1.165, 1.54) is 4.90 Å². The largest absolute Gasteiger partial charge is 0.480 e. The standard InChI is InChI=1S/C31H38N6O4/c1-20(37(5)29(39)41-30(2,3)4)26(38)35-25-17-31(25)15-7-8-21(16-31)9-12-23-19-33-28(36-27(23)40-6)34-24-13-10-22(18-32)11-14-24/h10-11,13-14,19-21,25H,7-8,15-17H2,1-6H3,(H,35,38)(H,33,34,36)/t20-,21-,25+,31-/m0/s1. The van der Waals surface area contributed by atoms with Gasteiger partial charge >= 0.3 is 6.09 Å². The van der Waals surface area contributed by atoms with E-state index in [1.54, 1.807) is 72.3 Å². The zero-order valence-electron chi connectivity index (χ0n) is 24.6. The van der Waals surface area contributed by atoms with Gasteiger partial charge in [0.1, 0.15) is 17.2 Å². The first-order chi connectivity index (χ1) is 19.4. The van der Waals surface area contributed by atoms with Crippen LogP contribution >= 0.6 is 0 Å². The van der Waals surface area contributed by atoms with Crippen LogP contribution < -0.4 is 15.4 Å². The first kappa shape index (κ1) is 29.7. The van der Waals surface area contributed by atoms with Crippen LogP contribution in [0.3, 0.4) is 0 Å². The number of amides is 2. The highest BCUT2D eigenvalue weighted by molar-refractivity contribution is 5.85. The molecule has 2 N–H and O–H groups in total. The molecule has 2 aromatic rings. The summed E-state index contributed by atoms with van der Waals surface area (Å²) in [5, 5.41) is 15.2. The Balaban J connectivity index is 1.35. The Labute approximate surface area is 241 Å². The average Bonchev–Trinajstić information content (AvgIpc) is 3.59. The number of carbonyl (C=O) groups excluding carboxylic acids is 2. The molecule has 1 aromatic carbocycles. The lowest BCUT2D eigenvalue weighted by Crippen LogP contribution is -2.48. The van der Waals surface area contributed by atoms with E-state index < -0.39 is 17.7 Å². The second-order valence-electron chi connectivity index (χ2n) is 11.9. The summed E-state index contributed by atoms with van der Waals surface area (Å²) in [5.74, 6) is 7.38. The van der Waals surface area contributed by atoms with Crippen LogP contribution in [0.4, 0.5) is 16.4 Å². The van der Waals surface area contributed by atoms with E-state index >= 15 is 0 Å². The van der Waals surface area contributed by atoms with E-state index in [2.05, 4.69) is 38.5 Å². The molecule has 216 valence electrons. The van der Waals surface area contributed by atoms with Crippen molar-refractivity contribution in [1.29, 1.82) is 5.26 Å². The number of methoxy groups -OCH3 is 1. The van der Waals surface area contributed by atoms with Crippen LogP contribution in [0, 0.1) is 34.5 Å². The second-order valence-corrected chi connectivity index (χ2v) is 11.9. The molecule has 0 unspecified atom stereocenters. The smallest absolute Gasteiger partial charge is 0.410 e. The maximum absolute atomic E-state index is 12.9. The maximum Gasteiger partial charge on any atom is 0.410 e. The zero-order valence-corrected chi connectivity index (χ0v) is 24.6. The van der Waals surface area contributed by atoms with Crippen molar-refractivity contribution in [3.63, 3.8) is 0 Å². The molecule has 4 atom stereocenters. The molecule has 4 rings (SSSR count). The summed E-state index contributed by atoms with van der Waals surface area (Å²) in [4.78, 5) is 35.5. The van der Waals surface area contributed by atoms with E-state index in [9.17, 15) is 9.59 Å². The lowest BCUT2D eigenvalue weighted by atomic mass is 9.78. The highest BCUT2D eigenvalue weighted by Crippen LogP contribution is 2.57. The van der Waals surface area contributed by atoms with Gasteiger partial charge in [0.15, 0.2) is 0 Å². The summed E-state index contributed by atoms with van der Waals surface area (Å²) >= 11 is 0. The van der Waals surface area contributed by atoms with E-state index in [0.717, 1.165) is 37.8 Å². The number of nitrogens with one attached hydrogen (secondary N) is 2. The molecular weight excluding hydrogens is 520 g/mol. The van der Waals surface area contributed by atoms with Crippen LogP contribution in [0.1, 0.15) is 70.9 Å². The highest BCUT2D eigenvalue weighted by Gasteiger charge is 2.56. The van der Waals surface area contributed by atoms with Gasteiger partial charge in [-0.15, -0.1) is 0 Å². The predicted octanol–water partition coefficient (Wildman–Crippen LogP) is 4.77. The highest BCUT2D eigenvalue weighted by atomic mass is 16.6. The number of carbonyl (C=O) groups is 2. The Morgan fingerprint density at radius 2 is 1.95 bits per heavy atom. The molecule has 0 aliphatic heterocycles. The Morgan fingerprint density at radius 1 is 1.22 bits per heavy atom. The Morgan fingerprint density at radius 3 is 2.61 bits per heavy atom. The van der Waals surface area contributed by atoms with Crippen molar-refractivity contribution < 1.29 is 19.1 Å². The van der Waals surface area contributed by atoms with Crippen molar-refractivity contribution in [2.75, 3.05) is 19.5 Å². The number of rotatable bonds is 6. The fourth-order valence-electron chi connectivity index (χ4n) is 5.14. The molecule has 1 spiro atoms. The third-order valence-corrected chi connectivity index (χ3v) is 7.66. The molecule has 2 fully saturated rings. The zero-order chi connectivity index (χ0) is 29.8. The molecule has 1 heterocycles. The second kappa shape index (κ2) is 12.1. The fourth-order valence-corrected chi connectivity index (χ4v) is 5.14. The Kier molecular flexibility index (Phi) is 8.72. The molecule has 2 aliphatic carbocycles. The number of hydrogen-bond acceptors (Lipinski definition) is 8. The van der Waals surface area contributed by atoms with Crippen molar-refractivity contribution in [3.8, 4) is 23.8 Å². The van der Waals surface area contributed by atoms with Gasteiger partial charge in [0, 0.05) is 24.7 Å². The summed E-state index contributed by atoms with van der Waals surface area (Å²) in [5.41, 5.74) is 1.37. The van der Waals surface area contributed by atoms with E-state index in [1.807, 2.05) is 0 Å². The van der Waals surface area contributed by atoms with Gasteiger partial charge in [-0.3, -0.25) is 9.69 Å². The molecule has 10 heteroatoms. The summed E-state index contributed by atoms with van der Waals surface area (Å²) in [6.45, 7) is 7.11. The molecule has 1 aromatic heterocycles. The van der Waals surface area contributed by atoms with Crippen molar-refractivity contribution in [1.82, 2.24) is 20.2 Å². The SMILES string of the molecule is COc1nc(Nc2ccc(C#N)cc2)ncc1C#C[C@@H]1CCC[C@]2(C1)C[C@H]2NC(=O)[C@H](C)N(C)C(=O)OC(C)(C)C. The number of ether oxygens (including phenoxy) is 2. The van der Waals surface area contributed by atoms with Crippen molar-refractivity contribution in [3.05, 3.63) is 41.6 Å². The van der Waals surface area contributed by atoms with Gasteiger partial charge in [-0.2, -0.15) is 10.2 Å². The lowest BCUT2D eigenvalue weighted by molar-refractivity contribution is -0.125. The summed E-state index contributed by atoms with van der Waals surface area (Å²) < 4.78 is 10.9. The van der Waals surface area contributed by atoms with Crippen molar-refractivity contribution in [2.24, 2.45) is 11.3 Å². The van der Waals surface area contributed by atoms with Crippen LogP contribution in [0.5, 0.6) is 5.88 Å². The third kappa shape index (κ3) is 7.46.